The molecule has 24 heavy (non-hydrogen) atoms. The molecule has 0 spiro atoms. The second-order valence-electron chi connectivity index (χ2n) is 7.88. The Morgan fingerprint density at radius 3 is 2.46 bits per heavy atom. The molecule has 0 aromatic carbocycles. The first-order valence-corrected chi connectivity index (χ1v) is 9.55. The summed E-state index contributed by atoms with van der Waals surface area (Å²) in [4.78, 5) is 9.50. The molecule has 0 radical (unpaired) electrons. The van der Waals surface area contributed by atoms with Crippen LogP contribution in [0.2, 0.25) is 0 Å². The quantitative estimate of drug-likeness (QED) is 0.371. The number of likely N-dealkylation sites (N-methyl/N-ethyl adjacent to an activating group) is 1. The number of likely N-dealkylation sites (tertiary alicyclic amines) is 1. The van der Waals surface area contributed by atoms with E-state index in [4.69, 9.17) is 0 Å². The Hall–Kier alpha value is -0.0800. The monoisotopic (exact) mass is 449 g/mol. The van der Waals surface area contributed by atoms with Crippen LogP contribution in [0.5, 0.6) is 0 Å². The van der Waals surface area contributed by atoms with E-state index in [-0.39, 0.29) is 24.0 Å². The van der Waals surface area contributed by atoms with Crippen LogP contribution >= 0.6 is 24.0 Å². The van der Waals surface area contributed by atoms with E-state index >= 15 is 0 Å². The van der Waals surface area contributed by atoms with Gasteiger partial charge in [-0.2, -0.15) is 0 Å². The number of rotatable bonds is 6. The highest BCUT2D eigenvalue weighted by atomic mass is 127. The van der Waals surface area contributed by atoms with Crippen LogP contribution in [-0.2, 0) is 0 Å². The molecule has 1 aliphatic heterocycles. The first-order chi connectivity index (χ1) is 11.2. The van der Waals surface area contributed by atoms with Crippen LogP contribution in [0.25, 0.3) is 0 Å². The standard InChI is InChI=1S/C18H35N5.HI/c1-19-18(20-12-17(22(2)3)14-8-9-14)21-15-10-11-23(13-15)16-6-4-5-7-16;/h14-17H,4-13H2,1-3H3,(H2,19,20,21);1H. The molecular formula is C18H36IN5. The number of aliphatic imine (C=N–C) groups is 1. The second-order valence-corrected chi connectivity index (χ2v) is 7.88. The zero-order valence-corrected chi connectivity index (χ0v) is 18.0. The van der Waals surface area contributed by atoms with Gasteiger partial charge in [0.1, 0.15) is 0 Å². The topological polar surface area (TPSA) is 42.9 Å². The minimum atomic E-state index is 0. The molecule has 6 heteroatoms. The van der Waals surface area contributed by atoms with Gasteiger partial charge in [-0.05, 0) is 52.1 Å². The lowest BCUT2D eigenvalue weighted by Gasteiger charge is -2.27. The molecule has 2 saturated carbocycles. The summed E-state index contributed by atoms with van der Waals surface area (Å²) in [5.41, 5.74) is 0. The van der Waals surface area contributed by atoms with E-state index in [0.717, 1.165) is 24.5 Å². The molecule has 1 saturated heterocycles. The maximum Gasteiger partial charge on any atom is 0.191 e. The summed E-state index contributed by atoms with van der Waals surface area (Å²) >= 11 is 0. The zero-order valence-electron chi connectivity index (χ0n) is 15.6. The van der Waals surface area contributed by atoms with E-state index < -0.39 is 0 Å². The second kappa shape index (κ2) is 9.57. The van der Waals surface area contributed by atoms with Crippen LogP contribution in [0, 0.1) is 5.92 Å². The highest BCUT2D eigenvalue weighted by Gasteiger charge is 2.33. The predicted molar refractivity (Wildman–Crippen MR) is 112 cm³/mol. The summed E-state index contributed by atoms with van der Waals surface area (Å²) in [5.74, 6) is 1.86. The molecule has 0 bridgehead atoms. The van der Waals surface area contributed by atoms with Crippen molar-refractivity contribution in [2.75, 3.05) is 40.8 Å². The van der Waals surface area contributed by atoms with E-state index in [0.29, 0.717) is 12.1 Å². The number of nitrogens with zero attached hydrogens (tertiary/aromatic N) is 3. The molecule has 5 nitrogen and oxygen atoms in total. The molecule has 0 aromatic rings. The molecular weight excluding hydrogens is 413 g/mol. The Balaban J connectivity index is 0.00000208. The maximum atomic E-state index is 4.44. The molecule has 2 atom stereocenters. The van der Waals surface area contributed by atoms with E-state index in [2.05, 4.69) is 39.5 Å². The fraction of sp³-hybridized carbons (Fsp3) is 0.944. The van der Waals surface area contributed by atoms with E-state index in [9.17, 15) is 0 Å². The number of hydrogen-bond acceptors (Lipinski definition) is 3. The third-order valence-corrected chi connectivity index (χ3v) is 5.93. The molecule has 2 unspecified atom stereocenters. The van der Waals surface area contributed by atoms with Gasteiger partial charge in [0.15, 0.2) is 5.96 Å². The normalized spacial score (nSPS) is 27.3. The first kappa shape index (κ1) is 20.2. The lowest BCUT2D eigenvalue weighted by atomic mass is 10.1. The molecule has 2 N–H and O–H groups in total. The third-order valence-electron chi connectivity index (χ3n) is 5.93. The Labute approximate surface area is 165 Å². The van der Waals surface area contributed by atoms with Crippen molar-refractivity contribution in [1.29, 1.82) is 0 Å². The van der Waals surface area contributed by atoms with Gasteiger partial charge in [0.2, 0.25) is 0 Å². The summed E-state index contributed by atoms with van der Waals surface area (Å²) < 4.78 is 0. The highest BCUT2D eigenvalue weighted by molar-refractivity contribution is 14.0. The van der Waals surface area contributed by atoms with Crippen LogP contribution in [0.3, 0.4) is 0 Å². The molecule has 3 aliphatic rings. The van der Waals surface area contributed by atoms with Crippen LogP contribution in [-0.4, -0.2) is 74.7 Å². The summed E-state index contributed by atoms with van der Waals surface area (Å²) in [5, 5.41) is 7.21. The largest absolute Gasteiger partial charge is 0.355 e. The van der Waals surface area contributed by atoms with Crippen LogP contribution < -0.4 is 10.6 Å². The van der Waals surface area contributed by atoms with Crippen molar-refractivity contribution in [3.63, 3.8) is 0 Å². The van der Waals surface area contributed by atoms with Gasteiger partial charge < -0.3 is 15.5 Å². The number of halogens is 1. The zero-order chi connectivity index (χ0) is 16.2. The van der Waals surface area contributed by atoms with Crippen molar-refractivity contribution in [2.45, 2.75) is 63.1 Å². The van der Waals surface area contributed by atoms with Gasteiger partial charge in [-0.25, -0.2) is 0 Å². The SMILES string of the molecule is CN=C(NCC(C1CC1)N(C)C)NC1CCN(C2CCCC2)C1.I. The molecule has 140 valence electrons. The third kappa shape index (κ3) is 5.46. The van der Waals surface area contributed by atoms with Crippen molar-refractivity contribution in [1.82, 2.24) is 20.4 Å². The van der Waals surface area contributed by atoms with Gasteiger partial charge in [0.25, 0.3) is 0 Å². The average molecular weight is 449 g/mol. The van der Waals surface area contributed by atoms with Gasteiger partial charge in [0, 0.05) is 44.8 Å². The summed E-state index contributed by atoms with van der Waals surface area (Å²) in [6.45, 7) is 3.43. The van der Waals surface area contributed by atoms with Crippen molar-refractivity contribution < 1.29 is 0 Å². The van der Waals surface area contributed by atoms with Crippen molar-refractivity contribution in [3.8, 4) is 0 Å². The smallest absolute Gasteiger partial charge is 0.191 e. The van der Waals surface area contributed by atoms with E-state index in [1.165, 1.54) is 58.0 Å². The predicted octanol–water partition coefficient (Wildman–Crippen LogP) is 2.13. The number of guanidine groups is 1. The maximum absolute atomic E-state index is 4.44. The minimum absolute atomic E-state index is 0. The molecule has 3 rings (SSSR count). The average Bonchev–Trinajstić information content (AvgIpc) is 3.03. The Morgan fingerprint density at radius 2 is 1.88 bits per heavy atom. The first-order valence-electron chi connectivity index (χ1n) is 9.55. The molecule has 0 aromatic heterocycles. The molecule has 0 amide bonds. The Morgan fingerprint density at radius 1 is 1.17 bits per heavy atom. The Kier molecular flexibility index (Phi) is 8.07. The van der Waals surface area contributed by atoms with Gasteiger partial charge in [0.05, 0.1) is 0 Å². The molecule has 3 fully saturated rings. The molecule has 2 aliphatic carbocycles. The van der Waals surface area contributed by atoms with E-state index in [1.807, 2.05) is 7.05 Å². The van der Waals surface area contributed by atoms with Gasteiger partial charge >= 0.3 is 0 Å². The Bertz CT molecular complexity index is 402. The fourth-order valence-electron chi connectivity index (χ4n) is 4.35. The lowest BCUT2D eigenvalue weighted by Crippen LogP contribution is -2.49. The van der Waals surface area contributed by atoms with Gasteiger partial charge in [-0.3, -0.25) is 9.89 Å². The lowest BCUT2D eigenvalue weighted by molar-refractivity contribution is 0.242. The van der Waals surface area contributed by atoms with Crippen molar-refractivity contribution >= 4 is 29.9 Å². The van der Waals surface area contributed by atoms with Crippen LogP contribution in [0.15, 0.2) is 4.99 Å². The fourth-order valence-corrected chi connectivity index (χ4v) is 4.35. The van der Waals surface area contributed by atoms with Gasteiger partial charge in [-0.15, -0.1) is 24.0 Å². The van der Waals surface area contributed by atoms with Crippen LogP contribution in [0.4, 0.5) is 0 Å². The van der Waals surface area contributed by atoms with Crippen molar-refractivity contribution in [3.05, 3.63) is 0 Å². The number of hydrogen-bond donors (Lipinski definition) is 2. The molecule has 1 heterocycles. The van der Waals surface area contributed by atoms with Crippen molar-refractivity contribution in [2.24, 2.45) is 10.9 Å². The summed E-state index contributed by atoms with van der Waals surface area (Å²) in [7, 11) is 6.27. The minimum Gasteiger partial charge on any atom is -0.355 e. The number of nitrogens with one attached hydrogen (secondary N) is 2. The van der Waals surface area contributed by atoms with Crippen LogP contribution in [0.1, 0.15) is 44.9 Å². The highest BCUT2D eigenvalue weighted by Crippen LogP contribution is 2.34. The van der Waals surface area contributed by atoms with E-state index in [1.54, 1.807) is 0 Å². The summed E-state index contributed by atoms with van der Waals surface area (Å²) in [6.07, 6.45) is 9.68. The summed E-state index contributed by atoms with van der Waals surface area (Å²) in [6, 6.07) is 2.04. The van der Waals surface area contributed by atoms with Gasteiger partial charge in [-0.1, -0.05) is 12.8 Å².